The Morgan fingerprint density at radius 3 is 2.35 bits per heavy atom. The van der Waals surface area contributed by atoms with Crippen LogP contribution in [0.3, 0.4) is 0 Å². The van der Waals surface area contributed by atoms with E-state index in [4.69, 9.17) is 11.6 Å². The van der Waals surface area contributed by atoms with Gasteiger partial charge in [0.15, 0.2) is 0 Å². The quantitative estimate of drug-likeness (QED) is 0.777. The van der Waals surface area contributed by atoms with E-state index in [2.05, 4.69) is 5.32 Å². The van der Waals surface area contributed by atoms with Crippen molar-refractivity contribution >= 4 is 29.3 Å². The molecule has 0 radical (unpaired) electrons. The van der Waals surface area contributed by atoms with Crippen molar-refractivity contribution in [3.05, 3.63) is 0 Å². The highest BCUT2D eigenvalue weighted by molar-refractivity contribution is 6.27. The summed E-state index contributed by atoms with van der Waals surface area (Å²) < 4.78 is 0. The molecule has 1 unspecified atom stereocenters. The van der Waals surface area contributed by atoms with Crippen LogP contribution in [-0.2, 0) is 14.4 Å². The van der Waals surface area contributed by atoms with E-state index in [0.717, 1.165) is 12.8 Å². The average Bonchev–Trinajstić information content (AvgIpc) is 2.89. The second-order valence-electron chi connectivity index (χ2n) is 7.38. The number of rotatable bonds is 3. The molecule has 0 bridgehead atoms. The van der Waals surface area contributed by atoms with Crippen LogP contribution in [0.15, 0.2) is 0 Å². The Morgan fingerprint density at radius 2 is 1.87 bits per heavy atom. The second-order valence-corrected chi connectivity index (χ2v) is 7.64. The Labute approximate surface area is 142 Å². The fourth-order valence-electron chi connectivity index (χ4n) is 3.29. The molecule has 6 nitrogen and oxygen atoms in total. The molecule has 0 aliphatic carbocycles. The maximum Gasteiger partial charge on any atom is 0.235 e. The van der Waals surface area contributed by atoms with Crippen molar-refractivity contribution in [2.24, 2.45) is 5.92 Å². The summed E-state index contributed by atoms with van der Waals surface area (Å²) >= 11 is 5.49. The maximum atomic E-state index is 12.6. The van der Waals surface area contributed by atoms with Gasteiger partial charge in [-0.25, -0.2) is 0 Å². The first-order chi connectivity index (χ1) is 10.7. The van der Waals surface area contributed by atoms with Gasteiger partial charge in [0.05, 0.1) is 5.92 Å². The molecule has 2 saturated heterocycles. The highest BCUT2D eigenvalue weighted by Gasteiger charge is 2.41. The van der Waals surface area contributed by atoms with Crippen molar-refractivity contribution < 1.29 is 14.4 Å². The van der Waals surface area contributed by atoms with E-state index in [0.29, 0.717) is 26.1 Å². The number of hydrogen-bond donors (Lipinski definition) is 1. The van der Waals surface area contributed by atoms with Crippen molar-refractivity contribution in [1.82, 2.24) is 15.1 Å². The summed E-state index contributed by atoms with van der Waals surface area (Å²) in [5.41, 5.74) is -0.245. The van der Waals surface area contributed by atoms with Crippen molar-refractivity contribution in [2.45, 2.75) is 51.6 Å². The monoisotopic (exact) mass is 343 g/mol. The standard InChI is InChI=1S/C16H26ClN3O3/c1-16(2,3)20-10-11(8-14(20)22)15(23)19-6-4-12(5-7-19)18-13(21)9-17/h11-12H,4-10H2,1-3H3,(H,18,21). The van der Waals surface area contributed by atoms with Crippen LogP contribution >= 0.6 is 11.6 Å². The van der Waals surface area contributed by atoms with Gasteiger partial charge < -0.3 is 15.1 Å². The summed E-state index contributed by atoms with van der Waals surface area (Å²) in [4.78, 5) is 39.7. The summed E-state index contributed by atoms with van der Waals surface area (Å²) in [6.07, 6.45) is 1.77. The fourth-order valence-corrected chi connectivity index (χ4v) is 3.37. The van der Waals surface area contributed by atoms with E-state index >= 15 is 0 Å². The molecule has 23 heavy (non-hydrogen) atoms. The Hall–Kier alpha value is -1.30. The van der Waals surface area contributed by atoms with E-state index in [1.165, 1.54) is 0 Å². The minimum Gasteiger partial charge on any atom is -0.352 e. The number of carbonyl (C=O) groups excluding carboxylic acids is 3. The first-order valence-electron chi connectivity index (χ1n) is 8.17. The zero-order valence-corrected chi connectivity index (χ0v) is 14.9. The summed E-state index contributed by atoms with van der Waals surface area (Å²) in [5.74, 6) is -0.326. The van der Waals surface area contributed by atoms with Crippen LogP contribution in [0, 0.1) is 5.92 Å². The third-order valence-electron chi connectivity index (χ3n) is 4.58. The summed E-state index contributed by atoms with van der Waals surface area (Å²) in [6.45, 7) is 7.71. The molecule has 130 valence electrons. The maximum absolute atomic E-state index is 12.6. The topological polar surface area (TPSA) is 69.7 Å². The molecule has 7 heteroatoms. The lowest BCUT2D eigenvalue weighted by Crippen LogP contribution is -2.49. The Bertz CT molecular complexity index is 481. The highest BCUT2D eigenvalue weighted by Crippen LogP contribution is 2.27. The zero-order valence-electron chi connectivity index (χ0n) is 14.1. The molecule has 0 aromatic carbocycles. The SMILES string of the molecule is CC(C)(C)N1CC(C(=O)N2CCC(NC(=O)CCl)CC2)CC1=O. The summed E-state index contributed by atoms with van der Waals surface area (Å²) in [5, 5.41) is 2.86. The molecule has 2 fully saturated rings. The number of nitrogens with zero attached hydrogens (tertiary/aromatic N) is 2. The molecule has 1 atom stereocenters. The third-order valence-corrected chi connectivity index (χ3v) is 4.82. The van der Waals surface area contributed by atoms with Crippen LogP contribution in [0.4, 0.5) is 0 Å². The molecule has 2 aliphatic rings. The molecule has 3 amide bonds. The minimum absolute atomic E-state index is 0.0357. The number of hydrogen-bond acceptors (Lipinski definition) is 3. The van der Waals surface area contributed by atoms with Crippen LogP contribution in [0.1, 0.15) is 40.0 Å². The van der Waals surface area contributed by atoms with Crippen molar-refractivity contribution in [2.75, 3.05) is 25.5 Å². The van der Waals surface area contributed by atoms with Gasteiger partial charge in [-0.05, 0) is 33.6 Å². The molecule has 0 aromatic rings. The first kappa shape index (κ1) is 18.0. The summed E-state index contributed by atoms with van der Waals surface area (Å²) in [7, 11) is 0. The Morgan fingerprint density at radius 1 is 1.26 bits per heavy atom. The number of amides is 3. The molecule has 1 N–H and O–H groups in total. The molecule has 2 heterocycles. The van der Waals surface area contributed by atoms with Gasteiger partial charge in [-0.2, -0.15) is 0 Å². The number of alkyl halides is 1. The lowest BCUT2D eigenvalue weighted by Gasteiger charge is -2.35. The van der Waals surface area contributed by atoms with Gasteiger partial charge in [-0.3, -0.25) is 14.4 Å². The van der Waals surface area contributed by atoms with E-state index < -0.39 is 0 Å². The smallest absolute Gasteiger partial charge is 0.235 e. The molecule has 2 aliphatic heterocycles. The van der Waals surface area contributed by atoms with Gasteiger partial charge >= 0.3 is 0 Å². The van der Waals surface area contributed by atoms with Crippen molar-refractivity contribution in [3.63, 3.8) is 0 Å². The Kier molecular flexibility index (Phi) is 5.55. The lowest BCUT2D eigenvalue weighted by molar-refractivity contribution is -0.137. The second kappa shape index (κ2) is 7.07. The minimum atomic E-state index is -0.245. The molecular weight excluding hydrogens is 318 g/mol. The predicted octanol–water partition coefficient (Wildman–Crippen LogP) is 0.979. The zero-order chi connectivity index (χ0) is 17.2. The van der Waals surface area contributed by atoms with Crippen LogP contribution < -0.4 is 5.32 Å². The van der Waals surface area contributed by atoms with Gasteiger partial charge in [-0.15, -0.1) is 11.6 Å². The van der Waals surface area contributed by atoms with Gasteiger partial charge in [0.1, 0.15) is 5.88 Å². The number of likely N-dealkylation sites (tertiary alicyclic amines) is 2. The molecular formula is C16H26ClN3O3. The van der Waals surface area contributed by atoms with E-state index in [9.17, 15) is 14.4 Å². The molecule has 0 aromatic heterocycles. The normalized spacial score (nSPS) is 23.3. The number of halogens is 1. The van der Waals surface area contributed by atoms with Crippen molar-refractivity contribution in [1.29, 1.82) is 0 Å². The number of piperidine rings is 1. The lowest BCUT2D eigenvalue weighted by atomic mass is 10.0. The number of nitrogens with one attached hydrogen (secondary N) is 1. The average molecular weight is 344 g/mol. The van der Waals surface area contributed by atoms with E-state index in [1.54, 1.807) is 4.90 Å². The highest BCUT2D eigenvalue weighted by atomic mass is 35.5. The number of carbonyl (C=O) groups is 3. The third kappa shape index (κ3) is 4.37. The largest absolute Gasteiger partial charge is 0.352 e. The van der Waals surface area contributed by atoms with Gasteiger partial charge in [-0.1, -0.05) is 0 Å². The molecule has 2 rings (SSSR count). The van der Waals surface area contributed by atoms with E-state index in [-0.39, 0.29) is 41.1 Å². The van der Waals surface area contributed by atoms with Crippen LogP contribution in [0.2, 0.25) is 0 Å². The van der Waals surface area contributed by atoms with Gasteiger partial charge in [0, 0.05) is 37.6 Å². The van der Waals surface area contributed by atoms with Gasteiger partial charge in [0.25, 0.3) is 0 Å². The van der Waals surface area contributed by atoms with Crippen LogP contribution in [0.25, 0.3) is 0 Å². The predicted molar refractivity (Wildman–Crippen MR) is 88.0 cm³/mol. The van der Waals surface area contributed by atoms with Crippen molar-refractivity contribution in [3.8, 4) is 0 Å². The van der Waals surface area contributed by atoms with Gasteiger partial charge in [0.2, 0.25) is 17.7 Å². The fraction of sp³-hybridized carbons (Fsp3) is 0.812. The van der Waals surface area contributed by atoms with E-state index in [1.807, 2.05) is 25.7 Å². The van der Waals surface area contributed by atoms with Crippen LogP contribution in [0.5, 0.6) is 0 Å². The van der Waals surface area contributed by atoms with Crippen LogP contribution in [-0.4, -0.2) is 64.6 Å². The summed E-state index contributed by atoms with van der Waals surface area (Å²) in [6, 6.07) is 0.0848. The molecule has 0 saturated carbocycles. The Balaban J connectivity index is 1.86. The molecule has 0 spiro atoms. The first-order valence-corrected chi connectivity index (χ1v) is 8.70.